The smallest absolute Gasteiger partial charge is 0.0252 e. The van der Waals surface area contributed by atoms with E-state index in [-0.39, 0.29) is 0 Å². The summed E-state index contributed by atoms with van der Waals surface area (Å²) in [6.45, 7) is 9.00. The summed E-state index contributed by atoms with van der Waals surface area (Å²) in [5.41, 5.74) is 0.307. The van der Waals surface area contributed by atoms with Crippen molar-refractivity contribution in [1.29, 1.82) is 0 Å². The molecule has 0 saturated carbocycles. The van der Waals surface area contributed by atoms with Crippen molar-refractivity contribution >= 4 is 0 Å². The Morgan fingerprint density at radius 2 is 2.10 bits per heavy atom. The summed E-state index contributed by atoms with van der Waals surface area (Å²) in [6.07, 6.45) is 0. The molecule has 1 saturated heterocycles. The molecule has 0 radical (unpaired) electrons. The van der Waals surface area contributed by atoms with E-state index in [2.05, 4.69) is 38.0 Å². The van der Waals surface area contributed by atoms with Gasteiger partial charge in [-0.05, 0) is 27.8 Å². The third-order valence-electron chi connectivity index (χ3n) is 2.27. The van der Waals surface area contributed by atoms with Gasteiger partial charge in [0, 0.05) is 24.7 Å². The summed E-state index contributed by atoms with van der Waals surface area (Å²) in [5, 5.41) is 3.50. The highest BCUT2D eigenvalue weighted by atomic mass is 15.2. The fourth-order valence-electron chi connectivity index (χ4n) is 1.42. The first-order valence-corrected chi connectivity index (χ1v) is 3.96. The quantitative estimate of drug-likeness (QED) is 0.535. The highest BCUT2D eigenvalue weighted by molar-refractivity contribution is 4.88. The summed E-state index contributed by atoms with van der Waals surface area (Å²) in [5.74, 6) is 0. The Morgan fingerprint density at radius 1 is 1.50 bits per heavy atom. The molecule has 0 bridgehead atoms. The third-order valence-corrected chi connectivity index (χ3v) is 2.27. The fourth-order valence-corrected chi connectivity index (χ4v) is 1.42. The molecule has 0 aliphatic carbocycles. The van der Waals surface area contributed by atoms with Crippen LogP contribution in [-0.2, 0) is 0 Å². The second-order valence-corrected chi connectivity index (χ2v) is 4.03. The zero-order valence-corrected chi connectivity index (χ0v) is 7.44. The molecule has 1 heterocycles. The molecule has 2 heteroatoms. The van der Waals surface area contributed by atoms with Gasteiger partial charge in [0.15, 0.2) is 0 Å². The van der Waals surface area contributed by atoms with E-state index >= 15 is 0 Å². The van der Waals surface area contributed by atoms with Crippen LogP contribution in [0.2, 0.25) is 0 Å². The number of nitrogens with one attached hydrogen (secondary N) is 1. The van der Waals surface area contributed by atoms with Crippen LogP contribution in [0, 0.1) is 0 Å². The van der Waals surface area contributed by atoms with Gasteiger partial charge in [0.25, 0.3) is 0 Å². The van der Waals surface area contributed by atoms with Gasteiger partial charge in [-0.15, -0.1) is 0 Å². The first-order valence-electron chi connectivity index (χ1n) is 3.96. The van der Waals surface area contributed by atoms with Crippen LogP contribution in [-0.4, -0.2) is 36.6 Å². The lowest BCUT2D eigenvalue weighted by atomic mass is 10.0. The molecule has 1 aliphatic rings. The van der Waals surface area contributed by atoms with E-state index in [0.29, 0.717) is 11.6 Å². The normalized spacial score (nSPS) is 34.2. The van der Waals surface area contributed by atoms with Gasteiger partial charge in [0.2, 0.25) is 0 Å². The highest BCUT2D eigenvalue weighted by Crippen LogP contribution is 2.11. The molecule has 10 heavy (non-hydrogen) atoms. The van der Waals surface area contributed by atoms with Gasteiger partial charge in [-0.1, -0.05) is 0 Å². The monoisotopic (exact) mass is 142 g/mol. The van der Waals surface area contributed by atoms with Crippen molar-refractivity contribution in [2.24, 2.45) is 0 Å². The van der Waals surface area contributed by atoms with Crippen molar-refractivity contribution in [1.82, 2.24) is 10.2 Å². The number of hydrogen-bond acceptors (Lipinski definition) is 2. The predicted octanol–water partition coefficient (Wildman–Crippen LogP) is 0.689. The van der Waals surface area contributed by atoms with Crippen molar-refractivity contribution < 1.29 is 0 Å². The van der Waals surface area contributed by atoms with Crippen molar-refractivity contribution in [3.05, 3.63) is 0 Å². The molecule has 1 N–H and O–H groups in total. The first-order chi connectivity index (χ1) is 4.51. The minimum Gasteiger partial charge on any atom is -0.309 e. The van der Waals surface area contributed by atoms with Crippen molar-refractivity contribution in [2.45, 2.75) is 32.4 Å². The van der Waals surface area contributed by atoms with Crippen molar-refractivity contribution in [3.63, 3.8) is 0 Å². The molecule has 0 unspecified atom stereocenters. The lowest BCUT2D eigenvalue weighted by Gasteiger charge is -2.41. The summed E-state index contributed by atoms with van der Waals surface area (Å²) in [7, 11) is 2.19. The van der Waals surface area contributed by atoms with E-state index in [0.717, 1.165) is 13.1 Å². The van der Waals surface area contributed by atoms with Gasteiger partial charge in [0.05, 0.1) is 0 Å². The van der Waals surface area contributed by atoms with Gasteiger partial charge < -0.3 is 10.2 Å². The van der Waals surface area contributed by atoms with Crippen LogP contribution in [0.1, 0.15) is 20.8 Å². The molecule has 60 valence electrons. The second-order valence-electron chi connectivity index (χ2n) is 4.03. The van der Waals surface area contributed by atoms with Gasteiger partial charge in [-0.2, -0.15) is 0 Å². The van der Waals surface area contributed by atoms with Crippen LogP contribution in [0.4, 0.5) is 0 Å². The maximum Gasteiger partial charge on any atom is 0.0252 e. The van der Waals surface area contributed by atoms with E-state index in [1.165, 1.54) is 0 Å². The molecule has 2 nitrogen and oxygen atoms in total. The maximum atomic E-state index is 3.50. The van der Waals surface area contributed by atoms with E-state index in [1.807, 2.05) is 0 Å². The summed E-state index contributed by atoms with van der Waals surface area (Å²) in [4.78, 5) is 2.40. The van der Waals surface area contributed by atoms with E-state index in [1.54, 1.807) is 0 Å². The minimum absolute atomic E-state index is 0.307. The van der Waals surface area contributed by atoms with Crippen molar-refractivity contribution in [3.8, 4) is 0 Å². The Balaban J connectivity index is 2.49. The highest BCUT2D eigenvalue weighted by Gasteiger charge is 2.27. The molecule has 1 atom stereocenters. The SMILES string of the molecule is C[C@H]1CNC(C)(C)CN1C. The number of likely N-dealkylation sites (N-methyl/N-ethyl adjacent to an activating group) is 1. The summed E-state index contributed by atoms with van der Waals surface area (Å²) < 4.78 is 0. The van der Waals surface area contributed by atoms with Crippen LogP contribution in [0.5, 0.6) is 0 Å². The molecule has 0 aromatic rings. The molecule has 0 aromatic heterocycles. The Hall–Kier alpha value is -0.0800. The van der Waals surface area contributed by atoms with Crippen LogP contribution in [0.25, 0.3) is 0 Å². The zero-order chi connectivity index (χ0) is 7.78. The number of rotatable bonds is 0. The Kier molecular flexibility index (Phi) is 2.02. The molecule has 1 fully saturated rings. The van der Waals surface area contributed by atoms with E-state index < -0.39 is 0 Å². The fraction of sp³-hybridized carbons (Fsp3) is 1.00. The number of hydrogen-bond donors (Lipinski definition) is 1. The summed E-state index contributed by atoms with van der Waals surface area (Å²) >= 11 is 0. The third kappa shape index (κ3) is 1.70. The van der Waals surface area contributed by atoms with Crippen LogP contribution in [0.3, 0.4) is 0 Å². The van der Waals surface area contributed by atoms with Gasteiger partial charge in [-0.25, -0.2) is 0 Å². The Bertz CT molecular complexity index is 120. The maximum absolute atomic E-state index is 3.50. The van der Waals surface area contributed by atoms with Gasteiger partial charge >= 0.3 is 0 Å². The van der Waals surface area contributed by atoms with Crippen LogP contribution >= 0.6 is 0 Å². The molecular weight excluding hydrogens is 124 g/mol. The molecule has 0 amide bonds. The zero-order valence-electron chi connectivity index (χ0n) is 7.44. The summed E-state index contributed by atoms with van der Waals surface area (Å²) in [6, 6.07) is 0.688. The largest absolute Gasteiger partial charge is 0.309 e. The average Bonchev–Trinajstić information content (AvgIpc) is 1.79. The standard InChI is InChI=1S/C8H18N2/c1-7-5-9-8(2,3)6-10(7)4/h7,9H,5-6H2,1-4H3/t7-/m0/s1. The molecular formula is C8H18N2. The number of nitrogens with zero attached hydrogens (tertiary/aromatic N) is 1. The van der Waals surface area contributed by atoms with E-state index in [4.69, 9.17) is 0 Å². The van der Waals surface area contributed by atoms with Crippen LogP contribution in [0.15, 0.2) is 0 Å². The molecule has 0 aromatic carbocycles. The van der Waals surface area contributed by atoms with Crippen LogP contribution < -0.4 is 5.32 Å². The first kappa shape index (κ1) is 8.02. The lowest BCUT2D eigenvalue weighted by Crippen LogP contribution is -2.59. The van der Waals surface area contributed by atoms with E-state index in [9.17, 15) is 0 Å². The van der Waals surface area contributed by atoms with Crippen molar-refractivity contribution in [2.75, 3.05) is 20.1 Å². The second kappa shape index (κ2) is 2.51. The number of piperazine rings is 1. The predicted molar refractivity (Wildman–Crippen MR) is 44.2 cm³/mol. The lowest BCUT2D eigenvalue weighted by molar-refractivity contribution is 0.133. The molecule has 1 aliphatic heterocycles. The Morgan fingerprint density at radius 3 is 2.50 bits per heavy atom. The Labute approximate surface area is 63.6 Å². The topological polar surface area (TPSA) is 15.3 Å². The average molecular weight is 142 g/mol. The molecule has 0 spiro atoms. The molecule has 1 rings (SSSR count). The van der Waals surface area contributed by atoms with Gasteiger partial charge in [-0.3, -0.25) is 0 Å². The van der Waals surface area contributed by atoms with Gasteiger partial charge in [0.1, 0.15) is 0 Å². The minimum atomic E-state index is 0.307.